The Morgan fingerprint density at radius 2 is 1.94 bits per heavy atom. The van der Waals surface area contributed by atoms with Crippen LogP contribution in [0.1, 0.15) is 16.1 Å². The predicted molar refractivity (Wildman–Crippen MR) is 70.6 cm³/mol. The summed E-state index contributed by atoms with van der Waals surface area (Å²) in [6.45, 7) is 1.77. The van der Waals surface area contributed by atoms with Crippen LogP contribution in [0, 0.1) is 10.5 Å². The second-order valence-corrected chi connectivity index (χ2v) is 4.60. The van der Waals surface area contributed by atoms with Gasteiger partial charge < -0.3 is 9.73 Å². The molecular formula is C12H10INO2. The Balaban J connectivity index is 2.14. The minimum atomic E-state index is -0.146. The number of rotatable bonds is 2. The van der Waals surface area contributed by atoms with Crippen LogP contribution in [-0.2, 0) is 0 Å². The van der Waals surface area contributed by atoms with Gasteiger partial charge in [0.05, 0.1) is 11.8 Å². The van der Waals surface area contributed by atoms with Crippen LogP contribution in [-0.4, -0.2) is 5.91 Å². The van der Waals surface area contributed by atoms with Gasteiger partial charge in [0, 0.05) is 9.26 Å². The molecule has 82 valence electrons. The third-order valence-corrected chi connectivity index (χ3v) is 2.92. The molecule has 4 heteroatoms. The summed E-state index contributed by atoms with van der Waals surface area (Å²) in [5.74, 6) is 0.482. The van der Waals surface area contributed by atoms with E-state index in [4.69, 9.17) is 4.42 Å². The Morgan fingerprint density at radius 3 is 2.50 bits per heavy atom. The number of hydrogen-bond donors (Lipinski definition) is 1. The van der Waals surface area contributed by atoms with Crippen LogP contribution in [0.25, 0.3) is 0 Å². The number of nitrogens with one attached hydrogen (secondary N) is 1. The van der Waals surface area contributed by atoms with Crippen molar-refractivity contribution in [3.8, 4) is 0 Å². The number of aryl methyl sites for hydroxylation is 1. The summed E-state index contributed by atoms with van der Waals surface area (Å²) >= 11 is 2.22. The normalized spacial score (nSPS) is 10.1. The van der Waals surface area contributed by atoms with Crippen molar-refractivity contribution >= 4 is 34.2 Å². The summed E-state index contributed by atoms with van der Waals surface area (Å²) in [4.78, 5) is 11.8. The van der Waals surface area contributed by atoms with Crippen LogP contribution < -0.4 is 5.32 Å². The first-order chi connectivity index (χ1) is 7.66. The number of benzene rings is 1. The van der Waals surface area contributed by atoms with Crippen LogP contribution in [0.2, 0.25) is 0 Å². The van der Waals surface area contributed by atoms with E-state index in [2.05, 4.69) is 27.9 Å². The van der Waals surface area contributed by atoms with Gasteiger partial charge in [0.1, 0.15) is 5.76 Å². The van der Waals surface area contributed by atoms with Gasteiger partial charge in [-0.05, 0) is 59.8 Å². The average Bonchev–Trinajstić information content (AvgIpc) is 2.68. The molecule has 3 nitrogen and oxygen atoms in total. The third kappa shape index (κ3) is 2.44. The van der Waals surface area contributed by atoms with Gasteiger partial charge in [-0.3, -0.25) is 4.79 Å². The van der Waals surface area contributed by atoms with Gasteiger partial charge in [-0.1, -0.05) is 0 Å². The molecule has 0 saturated carbocycles. The van der Waals surface area contributed by atoms with Gasteiger partial charge in [0.25, 0.3) is 5.91 Å². The summed E-state index contributed by atoms with van der Waals surface area (Å²) in [6, 6.07) is 9.29. The highest BCUT2D eigenvalue weighted by Gasteiger charge is 2.10. The van der Waals surface area contributed by atoms with E-state index < -0.39 is 0 Å². The fourth-order valence-electron chi connectivity index (χ4n) is 1.35. The van der Waals surface area contributed by atoms with E-state index in [1.54, 1.807) is 13.0 Å². The Bertz CT molecular complexity index is 502. The SMILES string of the molecule is Cc1occc1C(=O)Nc1ccc(I)cc1. The van der Waals surface area contributed by atoms with Gasteiger partial charge in [0.2, 0.25) is 0 Å². The highest BCUT2D eigenvalue weighted by molar-refractivity contribution is 14.1. The third-order valence-electron chi connectivity index (χ3n) is 2.21. The van der Waals surface area contributed by atoms with Crippen molar-refractivity contribution in [2.75, 3.05) is 5.32 Å². The quantitative estimate of drug-likeness (QED) is 0.859. The van der Waals surface area contributed by atoms with Gasteiger partial charge in [-0.15, -0.1) is 0 Å². The summed E-state index contributed by atoms with van der Waals surface area (Å²) in [7, 11) is 0. The zero-order chi connectivity index (χ0) is 11.5. The molecule has 0 fully saturated rings. The molecular weight excluding hydrogens is 317 g/mol. The lowest BCUT2D eigenvalue weighted by molar-refractivity contribution is 0.102. The maximum Gasteiger partial charge on any atom is 0.259 e. The van der Waals surface area contributed by atoms with E-state index >= 15 is 0 Å². The van der Waals surface area contributed by atoms with Crippen molar-refractivity contribution < 1.29 is 9.21 Å². The number of carbonyl (C=O) groups is 1. The number of furan rings is 1. The summed E-state index contributed by atoms with van der Waals surface area (Å²) in [5.41, 5.74) is 1.35. The molecule has 0 spiro atoms. The number of carbonyl (C=O) groups excluding carboxylic acids is 1. The molecule has 0 atom stereocenters. The van der Waals surface area contributed by atoms with Crippen LogP contribution in [0.3, 0.4) is 0 Å². The van der Waals surface area contributed by atoms with Crippen molar-refractivity contribution in [1.82, 2.24) is 0 Å². The zero-order valence-electron chi connectivity index (χ0n) is 8.66. The maximum atomic E-state index is 11.8. The molecule has 0 aliphatic carbocycles. The Labute approximate surface area is 107 Å². The van der Waals surface area contributed by atoms with Gasteiger partial charge in [0.15, 0.2) is 0 Å². The monoisotopic (exact) mass is 327 g/mol. The molecule has 0 aliphatic rings. The van der Waals surface area contributed by atoms with E-state index in [0.717, 1.165) is 9.26 Å². The standard InChI is InChI=1S/C12H10INO2/c1-8-11(6-7-16-8)12(15)14-10-4-2-9(13)3-5-10/h2-7H,1H3,(H,14,15). The predicted octanol–water partition coefficient (Wildman–Crippen LogP) is 3.44. The minimum Gasteiger partial charge on any atom is -0.469 e. The van der Waals surface area contributed by atoms with Crippen LogP contribution in [0.4, 0.5) is 5.69 Å². The summed E-state index contributed by atoms with van der Waals surface area (Å²) < 4.78 is 6.21. The molecule has 1 aromatic carbocycles. The molecule has 2 aromatic rings. The first-order valence-electron chi connectivity index (χ1n) is 4.78. The number of anilines is 1. The molecule has 2 rings (SSSR count). The van der Waals surface area contributed by atoms with E-state index in [1.165, 1.54) is 6.26 Å². The molecule has 0 radical (unpaired) electrons. The molecule has 0 aliphatic heterocycles. The average molecular weight is 327 g/mol. The first-order valence-corrected chi connectivity index (χ1v) is 5.86. The fourth-order valence-corrected chi connectivity index (χ4v) is 1.71. The molecule has 1 aromatic heterocycles. The Morgan fingerprint density at radius 1 is 1.25 bits per heavy atom. The van der Waals surface area contributed by atoms with E-state index in [9.17, 15) is 4.79 Å². The topological polar surface area (TPSA) is 42.2 Å². The highest BCUT2D eigenvalue weighted by Crippen LogP contribution is 2.14. The lowest BCUT2D eigenvalue weighted by Gasteiger charge is -2.03. The molecule has 1 amide bonds. The number of halogens is 1. The molecule has 1 N–H and O–H groups in total. The minimum absolute atomic E-state index is 0.146. The number of amides is 1. The number of hydrogen-bond acceptors (Lipinski definition) is 2. The van der Waals surface area contributed by atoms with Gasteiger partial charge >= 0.3 is 0 Å². The molecule has 16 heavy (non-hydrogen) atoms. The maximum absolute atomic E-state index is 11.8. The highest BCUT2D eigenvalue weighted by atomic mass is 127. The molecule has 0 bridgehead atoms. The van der Waals surface area contributed by atoms with E-state index in [1.807, 2.05) is 24.3 Å². The van der Waals surface area contributed by atoms with Crippen molar-refractivity contribution in [3.05, 3.63) is 51.5 Å². The van der Waals surface area contributed by atoms with E-state index in [0.29, 0.717) is 11.3 Å². The van der Waals surface area contributed by atoms with Crippen LogP contribution >= 0.6 is 22.6 Å². The second-order valence-electron chi connectivity index (χ2n) is 3.35. The zero-order valence-corrected chi connectivity index (χ0v) is 10.8. The molecule has 0 saturated heterocycles. The Kier molecular flexibility index (Phi) is 3.28. The van der Waals surface area contributed by atoms with Gasteiger partial charge in [-0.25, -0.2) is 0 Å². The summed E-state index contributed by atoms with van der Waals surface area (Å²) in [6.07, 6.45) is 1.51. The van der Waals surface area contributed by atoms with Crippen molar-refractivity contribution in [2.45, 2.75) is 6.92 Å². The second kappa shape index (κ2) is 4.69. The van der Waals surface area contributed by atoms with Crippen molar-refractivity contribution in [3.63, 3.8) is 0 Å². The smallest absolute Gasteiger partial charge is 0.259 e. The lowest BCUT2D eigenvalue weighted by Crippen LogP contribution is -2.11. The van der Waals surface area contributed by atoms with Gasteiger partial charge in [-0.2, -0.15) is 0 Å². The van der Waals surface area contributed by atoms with Crippen LogP contribution in [0.15, 0.2) is 41.0 Å². The molecule has 0 unspecified atom stereocenters. The Hall–Kier alpha value is -1.30. The van der Waals surface area contributed by atoms with Crippen molar-refractivity contribution in [1.29, 1.82) is 0 Å². The van der Waals surface area contributed by atoms with E-state index in [-0.39, 0.29) is 5.91 Å². The lowest BCUT2D eigenvalue weighted by atomic mass is 10.2. The fraction of sp³-hybridized carbons (Fsp3) is 0.0833. The summed E-state index contributed by atoms with van der Waals surface area (Å²) in [5, 5.41) is 2.81. The van der Waals surface area contributed by atoms with Crippen LogP contribution in [0.5, 0.6) is 0 Å². The molecule has 1 heterocycles. The first kappa shape index (κ1) is 11.2. The largest absolute Gasteiger partial charge is 0.469 e. The van der Waals surface area contributed by atoms with Crippen molar-refractivity contribution in [2.24, 2.45) is 0 Å².